The third-order valence-corrected chi connectivity index (χ3v) is 9.29. The summed E-state index contributed by atoms with van der Waals surface area (Å²) in [5.41, 5.74) is 0. The third kappa shape index (κ3) is 5.23. The van der Waals surface area contributed by atoms with E-state index in [1.165, 1.54) is 51.4 Å². The highest BCUT2D eigenvalue weighted by Gasteiger charge is 2.49. The van der Waals surface area contributed by atoms with E-state index in [9.17, 15) is 4.79 Å². The summed E-state index contributed by atoms with van der Waals surface area (Å²) in [6.45, 7) is 3.92. The Hall–Kier alpha value is -2.02. The number of carbonyl (C=O) groups is 1. The molecule has 1 N–H and O–H groups in total. The summed E-state index contributed by atoms with van der Waals surface area (Å²) in [5.74, 6) is 3.62. The summed E-state index contributed by atoms with van der Waals surface area (Å²) >= 11 is 1.71. The lowest BCUT2D eigenvalue weighted by Crippen LogP contribution is -2.55. The van der Waals surface area contributed by atoms with Crippen molar-refractivity contribution < 1.29 is 14.1 Å². The van der Waals surface area contributed by atoms with E-state index in [1.807, 2.05) is 0 Å². The lowest BCUT2D eigenvalue weighted by atomic mass is 9.54. The van der Waals surface area contributed by atoms with Crippen LogP contribution in [0.2, 0.25) is 0 Å². The van der Waals surface area contributed by atoms with Gasteiger partial charge < -0.3 is 14.6 Å². The molecule has 5 aliphatic rings. The maximum Gasteiger partial charge on any atom is 0.291 e. The molecule has 1 heterocycles. The second kappa shape index (κ2) is 10.5. The Morgan fingerprint density at radius 3 is 2.58 bits per heavy atom. The second-order valence-corrected chi connectivity index (χ2v) is 11.5. The predicted molar refractivity (Wildman–Crippen MR) is 131 cm³/mol. The highest BCUT2D eigenvalue weighted by atomic mass is 32.2. The molecule has 0 atom stereocenters. The van der Waals surface area contributed by atoms with Crippen LogP contribution in [0, 0.1) is 23.7 Å². The third-order valence-electron chi connectivity index (χ3n) is 7.89. The van der Waals surface area contributed by atoms with Crippen LogP contribution in [0.3, 0.4) is 0 Å². The molecule has 0 saturated heterocycles. The van der Waals surface area contributed by atoms with E-state index in [0.717, 1.165) is 29.6 Å². The molecule has 6 nitrogen and oxygen atoms in total. The molecule has 0 unspecified atom stereocenters. The number of amides is 1. The summed E-state index contributed by atoms with van der Waals surface area (Å²) in [4.78, 5) is 18.2. The zero-order valence-corrected chi connectivity index (χ0v) is 20.1. The Labute approximate surface area is 200 Å². The van der Waals surface area contributed by atoms with Gasteiger partial charge in [0.25, 0.3) is 11.8 Å². The topological polar surface area (TPSA) is 76.7 Å². The van der Waals surface area contributed by atoms with Gasteiger partial charge in [0.05, 0.1) is 0 Å². The van der Waals surface area contributed by atoms with Gasteiger partial charge in [0.1, 0.15) is 11.5 Å². The smallest absolute Gasteiger partial charge is 0.291 e. The Balaban J connectivity index is 1.29. The molecule has 5 saturated carbocycles. The minimum absolute atomic E-state index is 0.126. The summed E-state index contributed by atoms with van der Waals surface area (Å²) in [6.07, 6.45) is 19.3. The van der Waals surface area contributed by atoms with E-state index >= 15 is 0 Å². The first-order chi connectivity index (χ1) is 16.2. The maximum atomic E-state index is 13.4. The van der Waals surface area contributed by atoms with Gasteiger partial charge in [-0.05, 0) is 79.9 Å². The molecule has 4 bridgehead atoms. The van der Waals surface area contributed by atoms with Gasteiger partial charge in [0, 0.05) is 23.7 Å². The molecule has 6 rings (SSSR count). The van der Waals surface area contributed by atoms with Crippen molar-refractivity contribution in [2.75, 3.05) is 6.61 Å². The van der Waals surface area contributed by atoms with Crippen LogP contribution in [0.15, 0.2) is 39.3 Å². The molecular weight excluding hydrogens is 434 g/mol. The molecule has 0 radical (unpaired) electrons. The Bertz CT molecular complexity index is 875. The number of carbonyl (C=O) groups excluding carboxylic acids is 1. The Morgan fingerprint density at radius 2 is 1.88 bits per heavy atom. The Kier molecular flexibility index (Phi) is 7.24. The van der Waals surface area contributed by atoms with Crippen LogP contribution in [0.1, 0.15) is 74.8 Å². The van der Waals surface area contributed by atoms with Crippen LogP contribution in [-0.2, 0) is 0 Å². The Morgan fingerprint density at radius 1 is 1.15 bits per heavy atom. The zero-order chi connectivity index (χ0) is 22.6. The quantitative estimate of drug-likeness (QED) is 0.462. The number of thioether (sulfide) groups is 1. The molecule has 0 aliphatic heterocycles. The fraction of sp³-hybridized carbons (Fsp3) is 0.654. The van der Waals surface area contributed by atoms with Gasteiger partial charge in [-0.25, -0.2) is 0 Å². The lowest BCUT2D eigenvalue weighted by Gasteiger charge is -2.54. The van der Waals surface area contributed by atoms with Gasteiger partial charge in [-0.15, -0.1) is 11.8 Å². The van der Waals surface area contributed by atoms with E-state index in [2.05, 4.69) is 22.0 Å². The fourth-order valence-corrected chi connectivity index (χ4v) is 8.01. The average molecular weight is 470 g/mol. The van der Waals surface area contributed by atoms with E-state index in [1.54, 1.807) is 36.3 Å². The molecule has 0 aromatic carbocycles. The number of ether oxygens (including phenoxy) is 1. The molecule has 5 fully saturated rings. The molecular formula is C26H35N3O3S. The van der Waals surface area contributed by atoms with Gasteiger partial charge in [0.2, 0.25) is 5.76 Å². The van der Waals surface area contributed by atoms with Crippen molar-refractivity contribution in [3.63, 3.8) is 0 Å². The molecule has 5 aliphatic carbocycles. The van der Waals surface area contributed by atoms with Crippen molar-refractivity contribution in [2.24, 2.45) is 28.7 Å². The predicted octanol–water partition coefficient (Wildman–Crippen LogP) is 5.80. The van der Waals surface area contributed by atoms with Gasteiger partial charge in [-0.3, -0.25) is 9.79 Å². The molecule has 1 aromatic heterocycles. The number of hydrogen-bond acceptors (Lipinski definition) is 6. The molecule has 33 heavy (non-hydrogen) atoms. The summed E-state index contributed by atoms with van der Waals surface area (Å²) in [7, 11) is 0. The summed E-state index contributed by atoms with van der Waals surface area (Å²) in [5, 5.41) is 8.00. The van der Waals surface area contributed by atoms with Gasteiger partial charge in [0.15, 0.2) is 0 Å². The number of hydrogen-bond donors (Lipinski definition) is 1. The van der Waals surface area contributed by atoms with E-state index in [0.29, 0.717) is 35.3 Å². The van der Waals surface area contributed by atoms with E-state index in [-0.39, 0.29) is 11.9 Å². The van der Waals surface area contributed by atoms with Crippen LogP contribution in [0.4, 0.5) is 0 Å². The van der Waals surface area contributed by atoms with Gasteiger partial charge >= 0.3 is 0 Å². The van der Waals surface area contributed by atoms with Crippen LogP contribution >= 0.6 is 11.8 Å². The largest absolute Gasteiger partial charge is 0.470 e. The molecule has 1 aromatic rings. The lowest BCUT2D eigenvalue weighted by molar-refractivity contribution is -0.0124. The van der Waals surface area contributed by atoms with Crippen molar-refractivity contribution in [3.8, 4) is 5.88 Å². The first-order valence-corrected chi connectivity index (χ1v) is 13.5. The van der Waals surface area contributed by atoms with Crippen LogP contribution in [0.5, 0.6) is 5.88 Å². The highest BCUT2D eigenvalue weighted by Crippen LogP contribution is 2.53. The molecule has 178 valence electrons. The number of aliphatic imine (C=N–C) groups is 1. The van der Waals surface area contributed by atoms with Gasteiger partial charge in [-0.2, -0.15) is 0 Å². The first-order valence-electron chi connectivity index (χ1n) is 12.6. The highest BCUT2D eigenvalue weighted by molar-refractivity contribution is 8.00. The number of nitrogens with zero attached hydrogens (tertiary/aromatic N) is 2. The summed E-state index contributed by atoms with van der Waals surface area (Å²) in [6, 6.07) is 0.276. The van der Waals surface area contributed by atoms with Crippen molar-refractivity contribution in [3.05, 3.63) is 30.7 Å². The van der Waals surface area contributed by atoms with Crippen LogP contribution < -0.4 is 10.1 Å². The second-order valence-electron chi connectivity index (χ2n) is 10.2. The first kappa shape index (κ1) is 22.8. The summed E-state index contributed by atoms with van der Waals surface area (Å²) < 4.78 is 11.5. The molecule has 0 spiro atoms. The normalized spacial score (nSPS) is 31.5. The standard InChI is InChI=1S/C26H35N3O3S/c1-2-9-27-10-6-11-31-26-24(33-21-7-4-3-5-8-21)23(32-29-26)25(30)28-22-19-13-17-12-18(15-19)16-20(22)14-17/h2,6,9-10,17-22H,1,3-5,7-8,11-16H2,(H,28,30)/b10-6+,27-9?. The van der Waals surface area contributed by atoms with Crippen LogP contribution in [0.25, 0.3) is 0 Å². The minimum atomic E-state index is -0.126. The van der Waals surface area contributed by atoms with Gasteiger partial charge in [-0.1, -0.05) is 31.9 Å². The van der Waals surface area contributed by atoms with Crippen molar-refractivity contribution >= 4 is 23.9 Å². The number of allylic oxidation sites excluding steroid dienone is 1. The molecule has 7 heteroatoms. The number of aromatic nitrogens is 1. The van der Waals surface area contributed by atoms with Crippen molar-refractivity contribution in [1.82, 2.24) is 10.5 Å². The van der Waals surface area contributed by atoms with Crippen molar-refractivity contribution in [1.29, 1.82) is 0 Å². The van der Waals surface area contributed by atoms with Crippen LogP contribution in [-0.4, -0.2) is 35.2 Å². The van der Waals surface area contributed by atoms with E-state index in [4.69, 9.17) is 9.26 Å². The number of rotatable bonds is 9. The van der Waals surface area contributed by atoms with Crippen molar-refractivity contribution in [2.45, 2.75) is 80.4 Å². The number of nitrogens with one attached hydrogen (secondary N) is 1. The van der Waals surface area contributed by atoms with E-state index < -0.39 is 0 Å². The minimum Gasteiger partial charge on any atom is -0.470 e. The molecule has 1 amide bonds. The SMILES string of the molecule is C=CC=N/C=C/COc1noc(C(=O)NC2C3CC4CC(C3)CC2C4)c1SC1CCCCC1. The average Bonchev–Trinajstić information content (AvgIpc) is 3.21. The zero-order valence-electron chi connectivity index (χ0n) is 19.3. The fourth-order valence-electron chi connectivity index (χ4n) is 6.68. The monoisotopic (exact) mass is 469 g/mol. The maximum absolute atomic E-state index is 13.4.